The van der Waals surface area contributed by atoms with Gasteiger partial charge in [-0.05, 0) is 62.9 Å². The molecule has 0 spiro atoms. The van der Waals surface area contributed by atoms with Crippen LogP contribution in [0.1, 0.15) is 42.6 Å². The van der Waals surface area contributed by atoms with E-state index in [1.807, 2.05) is 42.0 Å². The summed E-state index contributed by atoms with van der Waals surface area (Å²) in [5.41, 5.74) is 5.55. The van der Waals surface area contributed by atoms with Crippen molar-refractivity contribution >= 4 is 11.2 Å². The average molecular weight is 463 g/mol. The molecule has 1 saturated heterocycles. The molecule has 0 bridgehead atoms. The molecule has 0 atom stereocenters. The van der Waals surface area contributed by atoms with Crippen LogP contribution in [0.3, 0.4) is 0 Å². The number of likely N-dealkylation sites (tertiary alicyclic amines) is 1. The van der Waals surface area contributed by atoms with Crippen LogP contribution < -0.4 is 5.56 Å². The Bertz CT molecular complexity index is 1380. The van der Waals surface area contributed by atoms with Gasteiger partial charge in [0.05, 0.1) is 48.1 Å². The van der Waals surface area contributed by atoms with Crippen molar-refractivity contribution in [3.8, 4) is 11.4 Å². The molecule has 1 fully saturated rings. The van der Waals surface area contributed by atoms with Gasteiger partial charge in [-0.15, -0.1) is 0 Å². The molecule has 4 aromatic rings. The molecule has 0 unspecified atom stereocenters. The molecule has 0 aliphatic carbocycles. The normalized spacial score (nSPS) is 15.7. The van der Waals surface area contributed by atoms with Crippen molar-refractivity contribution in [2.24, 2.45) is 0 Å². The summed E-state index contributed by atoms with van der Waals surface area (Å²) in [6.07, 6.45) is 6.41. The Morgan fingerprint density at radius 1 is 1.06 bits per heavy atom. The molecule has 34 heavy (non-hydrogen) atoms. The Balaban J connectivity index is 1.44. The summed E-state index contributed by atoms with van der Waals surface area (Å²) in [7, 11) is 0. The van der Waals surface area contributed by atoms with Gasteiger partial charge in [-0.1, -0.05) is 13.0 Å². The predicted octanol–water partition coefficient (Wildman–Crippen LogP) is 1.81. The largest absolute Gasteiger partial charge is 0.395 e. The first-order valence-electron chi connectivity index (χ1n) is 11.9. The summed E-state index contributed by atoms with van der Waals surface area (Å²) in [6.45, 7) is 5.55. The van der Waals surface area contributed by atoms with E-state index in [1.165, 1.54) is 0 Å². The molecule has 0 aromatic carbocycles. The lowest BCUT2D eigenvalue weighted by Gasteiger charge is -2.36. The van der Waals surface area contributed by atoms with Crippen molar-refractivity contribution in [2.45, 2.75) is 45.1 Å². The summed E-state index contributed by atoms with van der Waals surface area (Å²) >= 11 is 0. The maximum Gasteiger partial charge on any atom is 0.258 e. The minimum Gasteiger partial charge on any atom is -0.395 e. The molecule has 5 heterocycles. The van der Waals surface area contributed by atoms with Crippen molar-refractivity contribution < 1.29 is 10.2 Å². The van der Waals surface area contributed by atoms with Crippen LogP contribution in [-0.4, -0.2) is 71.4 Å². The molecular formula is C25H30N6O3. The molecule has 1 aliphatic rings. The number of fused-ring (bicyclic) bond motifs is 2. The second-order valence-corrected chi connectivity index (χ2v) is 9.04. The number of hydrogen-bond donors (Lipinski definition) is 2. The summed E-state index contributed by atoms with van der Waals surface area (Å²) < 4.78 is 3.42. The highest BCUT2D eigenvalue weighted by Crippen LogP contribution is 2.29. The molecule has 0 amide bonds. The van der Waals surface area contributed by atoms with E-state index in [0.717, 1.165) is 54.8 Å². The van der Waals surface area contributed by atoms with Crippen LogP contribution in [-0.2, 0) is 6.42 Å². The second kappa shape index (κ2) is 9.25. The molecule has 0 saturated carbocycles. The quantitative estimate of drug-likeness (QED) is 0.450. The maximum absolute atomic E-state index is 13.0. The van der Waals surface area contributed by atoms with E-state index in [9.17, 15) is 15.0 Å². The molecular weight excluding hydrogens is 432 g/mol. The number of aromatic nitrogens is 5. The lowest BCUT2D eigenvalue weighted by Crippen LogP contribution is -2.44. The molecule has 1 aliphatic heterocycles. The van der Waals surface area contributed by atoms with Gasteiger partial charge in [0.1, 0.15) is 11.3 Å². The second-order valence-electron chi connectivity index (χ2n) is 9.04. The fraction of sp³-hybridized carbons (Fsp3) is 0.440. The third kappa shape index (κ3) is 4.11. The third-order valence-corrected chi connectivity index (χ3v) is 6.87. The van der Waals surface area contributed by atoms with Gasteiger partial charge in [0, 0.05) is 12.3 Å². The molecule has 2 N–H and O–H groups in total. The van der Waals surface area contributed by atoms with Gasteiger partial charge >= 0.3 is 0 Å². The number of nitrogens with zero attached hydrogens (tertiary/aromatic N) is 6. The van der Waals surface area contributed by atoms with Gasteiger partial charge in [-0.2, -0.15) is 5.10 Å². The van der Waals surface area contributed by atoms with E-state index in [0.29, 0.717) is 23.0 Å². The van der Waals surface area contributed by atoms with E-state index < -0.39 is 0 Å². The molecule has 5 rings (SSSR count). The minimum absolute atomic E-state index is 0.0390. The Hall–Kier alpha value is -3.14. The van der Waals surface area contributed by atoms with E-state index in [4.69, 9.17) is 4.98 Å². The lowest BCUT2D eigenvalue weighted by molar-refractivity contribution is 0.0569. The Morgan fingerprint density at radius 2 is 1.82 bits per heavy atom. The highest BCUT2D eigenvalue weighted by atomic mass is 16.3. The number of aliphatic hydroxyl groups is 2. The van der Waals surface area contributed by atoms with Crippen molar-refractivity contribution in [2.75, 3.05) is 26.3 Å². The van der Waals surface area contributed by atoms with Crippen LogP contribution in [0.2, 0.25) is 0 Å². The van der Waals surface area contributed by atoms with Crippen molar-refractivity contribution in [1.29, 1.82) is 0 Å². The fourth-order valence-electron chi connectivity index (χ4n) is 4.95. The first-order valence-corrected chi connectivity index (χ1v) is 11.9. The van der Waals surface area contributed by atoms with Crippen molar-refractivity contribution in [1.82, 2.24) is 28.9 Å². The van der Waals surface area contributed by atoms with Gasteiger partial charge in [0.15, 0.2) is 0 Å². The first-order chi connectivity index (χ1) is 16.5. The van der Waals surface area contributed by atoms with Crippen LogP contribution in [0.5, 0.6) is 0 Å². The number of aliphatic hydroxyl groups excluding tert-OH is 2. The number of rotatable bonds is 6. The number of aryl methyl sites for hydroxylation is 2. The maximum atomic E-state index is 13.0. The first kappa shape index (κ1) is 22.6. The number of pyridine rings is 1. The van der Waals surface area contributed by atoms with Gasteiger partial charge in [0.25, 0.3) is 5.56 Å². The van der Waals surface area contributed by atoms with E-state index in [2.05, 4.69) is 21.9 Å². The zero-order valence-electron chi connectivity index (χ0n) is 19.6. The van der Waals surface area contributed by atoms with Gasteiger partial charge in [-0.25, -0.2) is 9.50 Å². The molecule has 0 radical (unpaired) electrons. The average Bonchev–Trinajstić information content (AvgIpc) is 3.28. The van der Waals surface area contributed by atoms with Crippen LogP contribution in [0.15, 0.2) is 41.5 Å². The Morgan fingerprint density at radius 3 is 2.53 bits per heavy atom. The van der Waals surface area contributed by atoms with Crippen LogP contribution in [0, 0.1) is 6.92 Å². The predicted molar refractivity (Wildman–Crippen MR) is 129 cm³/mol. The van der Waals surface area contributed by atoms with Gasteiger partial charge in [0.2, 0.25) is 0 Å². The summed E-state index contributed by atoms with van der Waals surface area (Å²) in [5, 5.41) is 23.5. The Kier molecular flexibility index (Phi) is 6.16. The van der Waals surface area contributed by atoms with Crippen LogP contribution >= 0.6 is 0 Å². The monoisotopic (exact) mass is 462 g/mol. The minimum atomic E-state index is -0.199. The van der Waals surface area contributed by atoms with Gasteiger partial charge < -0.3 is 10.2 Å². The zero-order valence-corrected chi connectivity index (χ0v) is 19.6. The number of hydrogen-bond acceptors (Lipinski definition) is 7. The smallest absolute Gasteiger partial charge is 0.258 e. The molecule has 178 valence electrons. The van der Waals surface area contributed by atoms with Crippen molar-refractivity contribution in [3.05, 3.63) is 64.0 Å². The van der Waals surface area contributed by atoms with Gasteiger partial charge in [-0.3, -0.25) is 19.1 Å². The summed E-state index contributed by atoms with van der Waals surface area (Å²) in [6, 6.07) is 7.23. The van der Waals surface area contributed by atoms with Crippen LogP contribution in [0.25, 0.3) is 22.6 Å². The SMILES string of the molecule is CCc1nc(C)cn2nc(-c3cc(=O)n4cc(C5CCN(C(CO)CO)CC5)ccc4n3)cc12. The summed E-state index contributed by atoms with van der Waals surface area (Å²) in [5.74, 6) is 0.326. The number of piperidine rings is 1. The Labute approximate surface area is 197 Å². The van der Waals surface area contributed by atoms with E-state index in [1.54, 1.807) is 10.5 Å². The van der Waals surface area contributed by atoms with Crippen LogP contribution in [0.4, 0.5) is 0 Å². The summed E-state index contributed by atoms with van der Waals surface area (Å²) in [4.78, 5) is 24.5. The van der Waals surface area contributed by atoms with E-state index >= 15 is 0 Å². The molecule has 4 aromatic heterocycles. The third-order valence-electron chi connectivity index (χ3n) is 6.87. The van der Waals surface area contributed by atoms with E-state index in [-0.39, 0.29) is 24.8 Å². The van der Waals surface area contributed by atoms with Crippen molar-refractivity contribution in [3.63, 3.8) is 0 Å². The standard InChI is InChI=1S/C25H30N6O3/c1-3-20-23-10-22(28-31(23)12-16(2)26-20)21-11-25(34)30-13-18(4-5-24(30)27-21)17-6-8-29(9-7-17)19(14-32)15-33/h4-5,10-13,17,19,32-33H,3,6-9,14-15H2,1-2H3. The highest BCUT2D eigenvalue weighted by Gasteiger charge is 2.25. The topological polar surface area (TPSA) is 108 Å². The molecule has 9 heteroatoms. The lowest BCUT2D eigenvalue weighted by atomic mass is 9.90. The zero-order chi connectivity index (χ0) is 23.8. The molecule has 9 nitrogen and oxygen atoms in total. The fourth-order valence-corrected chi connectivity index (χ4v) is 4.95. The highest BCUT2D eigenvalue weighted by molar-refractivity contribution is 5.66.